The molecule has 0 aliphatic heterocycles. The first-order valence-electron chi connectivity index (χ1n) is 8.87. The van der Waals surface area contributed by atoms with Crippen molar-refractivity contribution in [1.29, 1.82) is 0 Å². The highest BCUT2D eigenvalue weighted by Gasteiger charge is 2.56. The molecule has 29 heavy (non-hydrogen) atoms. The average Bonchev–Trinajstić information content (AvgIpc) is 2.43. The summed E-state index contributed by atoms with van der Waals surface area (Å²) in [5.74, 6) is -2.93. The Morgan fingerprint density at radius 2 is 1.45 bits per heavy atom. The number of unbranched alkanes of at least 4 members (excludes halogenated alkanes) is 1. The number of halogens is 8. The Balaban J connectivity index is 0. The van der Waals surface area contributed by atoms with Crippen LogP contribution in [-0.4, -0.2) is 70.9 Å². The van der Waals surface area contributed by atoms with Gasteiger partial charge in [-0.3, -0.25) is 0 Å². The van der Waals surface area contributed by atoms with Gasteiger partial charge in [0, 0.05) is 19.4 Å². The van der Waals surface area contributed by atoms with Gasteiger partial charge in [0.25, 0.3) is 0 Å². The van der Waals surface area contributed by atoms with E-state index in [9.17, 15) is 39.2 Å². The molecule has 0 radical (unpaired) electrons. The second kappa shape index (κ2) is 11.3. The number of rotatable bonds is 12. The van der Waals surface area contributed by atoms with Gasteiger partial charge in [0.1, 0.15) is 0 Å². The van der Waals surface area contributed by atoms with E-state index >= 15 is 0 Å². The van der Waals surface area contributed by atoms with E-state index in [1.807, 2.05) is 21.1 Å². The van der Waals surface area contributed by atoms with Crippen LogP contribution in [0.25, 0.3) is 0 Å². The summed E-state index contributed by atoms with van der Waals surface area (Å²) in [5.41, 5.74) is -3.97. The molecule has 0 amide bonds. The smallest absolute Gasteiger partial charge is 0.422 e. The second-order valence-corrected chi connectivity index (χ2v) is 10.1. The standard InChI is InChI=1S/C16H30F7N2O2S.ClH/c1-14(17,16(21,22)23)12-13(15(18,19)20)8-5-6-11-28(26,27)24-9-7-10-25(2,3)4;/h13,24H,5-12H2,1-4H3;1H/q+1;/p-1. The predicted molar refractivity (Wildman–Crippen MR) is 92.9 cm³/mol. The zero-order chi connectivity index (χ0) is 22.4. The van der Waals surface area contributed by atoms with Crippen molar-refractivity contribution >= 4 is 10.0 Å². The molecule has 0 fully saturated rings. The van der Waals surface area contributed by atoms with Gasteiger partial charge >= 0.3 is 12.4 Å². The summed E-state index contributed by atoms with van der Waals surface area (Å²) in [6.45, 7) is 0.988. The van der Waals surface area contributed by atoms with Crippen molar-refractivity contribution in [1.82, 2.24) is 4.72 Å². The maximum Gasteiger partial charge on any atom is 0.422 e. The maximum absolute atomic E-state index is 13.6. The van der Waals surface area contributed by atoms with Gasteiger partial charge < -0.3 is 16.9 Å². The van der Waals surface area contributed by atoms with Crippen molar-refractivity contribution < 1.29 is 56.0 Å². The third-order valence-corrected chi connectivity index (χ3v) is 5.70. The Morgan fingerprint density at radius 3 is 1.86 bits per heavy atom. The summed E-state index contributed by atoms with van der Waals surface area (Å²) in [7, 11) is 2.13. The first-order valence-corrected chi connectivity index (χ1v) is 10.5. The van der Waals surface area contributed by atoms with Crippen LogP contribution < -0.4 is 17.1 Å². The average molecular weight is 483 g/mol. The molecule has 0 bridgehead atoms. The molecule has 0 aromatic heterocycles. The van der Waals surface area contributed by atoms with Crippen LogP contribution in [-0.2, 0) is 10.0 Å². The fraction of sp³-hybridized carbons (Fsp3) is 1.00. The molecule has 2 atom stereocenters. The summed E-state index contributed by atoms with van der Waals surface area (Å²) >= 11 is 0. The van der Waals surface area contributed by atoms with Crippen molar-refractivity contribution in [2.24, 2.45) is 5.92 Å². The van der Waals surface area contributed by atoms with Crippen LogP contribution in [0.1, 0.15) is 39.0 Å². The topological polar surface area (TPSA) is 46.2 Å². The van der Waals surface area contributed by atoms with Gasteiger partial charge in [-0.25, -0.2) is 17.5 Å². The highest BCUT2D eigenvalue weighted by molar-refractivity contribution is 7.89. The Hall–Kier alpha value is -0.330. The lowest BCUT2D eigenvalue weighted by Crippen LogP contribution is -3.00. The summed E-state index contributed by atoms with van der Waals surface area (Å²) in [6, 6.07) is 0. The van der Waals surface area contributed by atoms with Gasteiger partial charge in [0.2, 0.25) is 15.7 Å². The van der Waals surface area contributed by atoms with Gasteiger partial charge in [-0.15, -0.1) is 0 Å². The summed E-state index contributed by atoms with van der Waals surface area (Å²) in [6.07, 6.45) is -12.8. The Labute approximate surface area is 174 Å². The molecule has 0 spiro atoms. The quantitative estimate of drug-likeness (QED) is 0.257. The van der Waals surface area contributed by atoms with Gasteiger partial charge in [0.15, 0.2) is 0 Å². The zero-order valence-corrected chi connectivity index (χ0v) is 18.5. The van der Waals surface area contributed by atoms with Gasteiger partial charge in [-0.2, -0.15) is 26.3 Å². The maximum atomic E-state index is 13.6. The normalized spacial score (nSPS) is 16.8. The van der Waals surface area contributed by atoms with Crippen LogP contribution >= 0.6 is 0 Å². The first-order chi connectivity index (χ1) is 12.3. The Bertz CT molecular complexity index is 573. The van der Waals surface area contributed by atoms with E-state index in [1.165, 1.54) is 0 Å². The molecule has 0 saturated heterocycles. The fourth-order valence-corrected chi connectivity index (χ4v) is 3.68. The summed E-state index contributed by atoms with van der Waals surface area (Å²) in [5, 5.41) is 0. The summed E-state index contributed by atoms with van der Waals surface area (Å²) in [4.78, 5) is 0. The summed E-state index contributed by atoms with van der Waals surface area (Å²) < 4.78 is 117. The van der Waals surface area contributed by atoms with Crippen LogP contribution in [0, 0.1) is 5.92 Å². The number of nitrogens with one attached hydrogen (secondary N) is 1. The SMILES string of the molecule is CC(F)(CC(CCCCS(=O)(=O)NCCC[N+](C)(C)C)C(F)(F)F)C(F)(F)F.[Cl-]. The Kier molecular flexibility index (Phi) is 12.1. The molecule has 0 rings (SSSR count). The molecule has 2 unspecified atom stereocenters. The first kappa shape index (κ1) is 30.9. The molecule has 13 heteroatoms. The molecular formula is C16H30ClF7N2O2S. The minimum Gasteiger partial charge on any atom is -1.00 e. The van der Waals surface area contributed by atoms with E-state index in [1.54, 1.807) is 0 Å². The third kappa shape index (κ3) is 13.6. The Morgan fingerprint density at radius 1 is 0.931 bits per heavy atom. The van der Waals surface area contributed by atoms with Crippen molar-refractivity contribution in [2.75, 3.05) is 40.0 Å². The van der Waals surface area contributed by atoms with Crippen LogP contribution in [0.5, 0.6) is 0 Å². The van der Waals surface area contributed by atoms with Crippen molar-refractivity contribution in [3.63, 3.8) is 0 Å². The van der Waals surface area contributed by atoms with E-state index in [2.05, 4.69) is 4.72 Å². The lowest BCUT2D eigenvalue weighted by molar-refractivity contribution is -0.870. The van der Waals surface area contributed by atoms with E-state index in [0.717, 1.165) is 6.54 Å². The van der Waals surface area contributed by atoms with Crippen molar-refractivity contribution in [2.45, 2.75) is 57.0 Å². The van der Waals surface area contributed by atoms with E-state index in [0.29, 0.717) is 10.9 Å². The van der Waals surface area contributed by atoms with Gasteiger partial charge in [-0.05, 0) is 19.8 Å². The second-order valence-electron chi connectivity index (χ2n) is 8.21. The lowest BCUT2D eigenvalue weighted by Gasteiger charge is -2.29. The largest absolute Gasteiger partial charge is 1.00 e. The number of nitrogens with zero attached hydrogens (tertiary/aromatic N) is 1. The van der Waals surface area contributed by atoms with Gasteiger partial charge in [0.05, 0.1) is 39.4 Å². The fourth-order valence-electron chi connectivity index (χ4n) is 2.50. The lowest BCUT2D eigenvalue weighted by atomic mass is 9.88. The monoisotopic (exact) mass is 482 g/mol. The minimum absolute atomic E-state index is 0. The minimum atomic E-state index is -5.41. The van der Waals surface area contributed by atoms with E-state index in [-0.39, 0.29) is 38.7 Å². The molecule has 0 aromatic carbocycles. The van der Waals surface area contributed by atoms with Crippen molar-refractivity contribution in [3.8, 4) is 0 Å². The van der Waals surface area contributed by atoms with E-state index in [4.69, 9.17) is 0 Å². The number of sulfonamides is 1. The molecule has 0 heterocycles. The number of alkyl halides is 7. The van der Waals surface area contributed by atoms with Crippen molar-refractivity contribution in [3.05, 3.63) is 0 Å². The zero-order valence-electron chi connectivity index (χ0n) is 16.9. The third-order valence-electron chi connectivity index (χ3n) is 4.23. The van der Waals surface area contributed by atoms with Crippen LogP contribution in [0.15, 0.2) is 0 Å². The highest BCUT2D eigenvalue weighted by Crippen LogP contribution is 2.44. The molecule has 178 valence electrons. The van der Waals surface area contributed by atoms with Crippen LogP contribution in [0.4, 0.5) is 30.7 Å². The van der Waals surface area contributed by atoms with E-state index < -0.39 is 52.6 Å². The molecule has 0 saturated carbocycles. The number of quaternary nitrogens is 1. The molecule has 4 nitrogen and oxygen atoms in total. The van der Waals surface area contributed by atoms with Crippen LogP contribution in [0.3, 0.4) is 0 Å². The number of hydrogen-bond donors (Lipinski definition) is 1. The molecule has 0 aromatic rings. The van der Waals surface area contributed by atoms with Crippen LogP contribution in [0.2, 0.25) is 0 Å². The molecular weight excluding hydrogens is 453 g/mol. The molecule has 0 aliphatic rings. The molecule has 1 N–H and O–H groups in total. The van der Waals surface area contributed by atoms with Gasteiger partial charge in [-0.1, -0.05) is 6.42 Å². The molecule has 0 aliphatic carbocycles. The predicted octanol–water partition coefficient (Wildman–Crippen LogP) is 1.04. The highest BCUT2D eigenvalue weighted by atomic mass is 35.5. The number of hydrogen-bond acceptors (Lipinski definition) is 2.